The Hall–Kier alpha value is -1.05. The summed E-state index contributed by atoms with van der Waals surface area (Å²) in [4.78, 5) is 1.27. The van der Waals surface area contributed by atoms with E-state index in [-0.39, 0.29) is 0 Å². The monoisotopic (exact) mass is 481 g/mol. The van der Waals surface area contributed by atoms with Crippen LogP contribution in [0.1, 0.15) is 37.3 Å². The SMILES string of the molecule is CCCN(CCCCSc1cccc(C)c1)S(=O)(=O)c1sc2ccc(Cl)cc2c1C. The minimum absolute atomic E-state index is 0.447. The third-order valence-corrected chi connectivity index (χ3v) is 10.0. The lowest BCUT2D eigenvalue weighted by Crippen LogP contribution is -2.32. The van der Waals surface area contributed by atoms with Crippen molar-refractivity contribution in [2.24, 2.45) is 0 Å². The number of thioether (sulfide) groups is 1. The minimum Gasteiger partial charge on any atom is -0.206 e. The highest BCUT2D eigenvalue weighted by atomic mass is 35.5. The molecule has 0 saturated carbocycles. The number of unbranched alkanes of at least 4 members (excludes halogenated alkanes) is 1. The second-order valence-electron chi connectivity index (χ2n) is 7.43. The van der Waals surface area contributed by atoms with Crippen molar-refractivity contribution in [3.63, 3.8) is 0 Å². The van der Waals surface area contributed by atoms with Crippen LogP contribution in [-0.4, -0.2) is 31.6 Å². The lowest BCUT2D eigenvalue weighted by atomic mass is 10.2. The number of hydrogen-bond donors (Lipinski definition) is 0. The number of hydrogen-bond acceptors (Lipinski definition) is 4. The lowest BCUT2D eigenvalue weighted by molar-refractivity contribution is 0.404. The molecule has 0 aliphatic carbocycles. The van der Waals surface area contributed by atoms with E-state index in [1.807, 2.05) is 43.8 Å². The summed E-state index contributed by atoms with van der Waals surface area (Å²) in [5.41, 5.74) is 2.06. The Labute approximate surface area is 193 Å². The molecule has 162 valence electrons. The molecule has 0 bridgehead atoms. The van der Waals surface area contributed by atoms with E-state index < -0.39 is 10.0 Å². The number of benzene rings is 2. The molecule has 7 heteroatoms. The molecule has 3 rings (SSSR count). The molecule has 0 atom stereocenters. The van der Waals surface area contributed by atoms with Crippen molar-refractivity contribution < 1.29 is 8.42 Å². The number of sulfonamides is 1. The van der Waals surface area contributed by atoms with Gasteiger partial charge in [0.15, 0.2) is 0 Å². The van der Waals surface area contributed by atoms with E-state index >= 15 is 0 Å². The van der Waals surface area contributed by atoms with Gasteiger partial charge in [-0.3, -0.25) is 0 Å². The third-order valence-electron chi connectivity index (χ3n) is 4.96. The number of rotatable bonds is 10. The van der Waals surface area contributed by atoms with Crippen molar-refractivity contribution in [1.29, 1.82) is 0 Å². The predicted octanol–water partition coefficient (Wildman–Crippen LogP) is 7.14. The summed E-state index contributed by atoms with van der Waals surface area (Å²) >= 11 is 9.30. The first-order chi connectivity index (χ1) is 14.3. The van der Waals surface area contributed by atoms with Crippen molar-refractivity contribution in [2.45, 2.75) is 49.1 Å². The highest BCUT2D eigenvalue weighted by molar-refractivity contribution is 7.99. The summed E-state index contributed by atoms with van der Waals surface area (Å²) in [6, 6.07) is 14.1. The highest BCUT2D eigenvalue weighted by Gasteiger charge is 2.28. The minimum atomic E-state index is -3.51. The van der Waals surface area contributed by atoms with E-state index in [1.165, 1.54) is 21.8 Å². The molecule has 1 heterocycles. The van der Waals surface area contributed by atoms with Gasteiger partial charge in [-0.2, -0.15) is 4.31 Å². The van der Waals surface area contributed by atoms with Crippen molar-refractivity contribution in [3.8, 4) is 0 Å². The number of nitrogens with zero attached hydrogens (tertiary/aromatic N) is 1. The molecular weight excluding hydrogens is 454 g/mol. The van der Waals surface area contributed by atoms with Crippen LogP contribution in [0.4, 0.5) is 0 Å². The quantitative estimate of drug-likeness (QED) is 0.228. The predicted molar refractivity (Wildman–Crippen MR) is 132 cm³/mol. The fraction of sp³-hybridized carbons (Fsp3) is 0.391. The molecule has 0 spiro atoms. The molecule has 1 aromatic heterocycles. The van der Waals surface area contributed by atoms with Gasteiger partial charge < -0.3 is 0 Å². The molecule has 0 fully saturated rings. The van der Waals surface area contributed by atoms with Crippen LogP contribution in [0, 0.1) is 13.8 Å². The van der Waals surface area contributed by atoms with Gasteiger partial charge in [-0.05, 0) is 80.1 Å². The molecule has 2 aromatic carbocycles. The normalized spacial score (nSPS) is 12.2. The number of halogens is 1. The average Bonchev–Trinajstić information content (AvgIpc) is 3.04. The Morgan fingerprint density at radius 2 is 1.87 bits per heavy atom. The van der Waals surface area contributed by atoms with E-state index in [4.69, 9.17) is 11.6 Å². The van der Waals surface area contributed by atoms with E-state index in [2.05, 4.69) is 31.2 Å². The molecule has 0 radical (unpaired) electrons. The largest absolute Gasteiger partial charge is 0.252 e. The number of thiophene rings is 1. The smallest absolute Gasteiger partial charge is 0.206 e. The van der Waals surface area contributed by atoms with Crippen molar-refractivity contribution in [3.05, 3.63) is 58.6 Å². The Balaban J connectivity index is 1.66. The van der Waals surface area contributed by atoms with Crippen molar-refractivity contribution in [1.82, 2.24) is 4.31 Å². The first-order valence-electron chi connectivity index (χ1n) is 10.2. The molecule has 30 heavy (non-hydrogen) atoms. The summed E-state index contributed by atoms with van der Waals surface area (Å²) in [5, 5.41) is 1.56. The molecular formula is C23H28ClNO2S3. The first kappa shape index (κ1) is 23.6. The third kappa shape index (κ3) is 5.60. The second-order valence-corrected chi connectivity index (χ2v) is 12.2. The highest BCUT2D eigenvalue weighted by Crippen LogP contribution is 2.37. The van der Waals surface area contributed by atoms with Crippen LogP contribution < -0.4 is 0 Å². The van der Waals surface area contributed by atoms with Gasteiger partial charge in [-0.1, -0.05) is 36.2 Å². The van der Waals surface area contributed by atoms with Gasteiger partial charge in [0.25, 0.3) is 10.0 Å². The van der Waals surface area contributed by atoms with E-state index in [1.54, 1.807) is 4.31 Å². The van der Waals surface area contributed by atoms with Crippen molar-refractivity contribution >= 4 is 54.8 Å². The zero-order chi connectivity index (χ0) is 21.7. The fourth-order valence-corrected chi connectivity index (χ4v) is 8.07. The summed E-state index contributed by atoms with van der Waals surface area (Å²) < 4.78 is 29.9. The summed E-state index contributed by atoms with van der Waals surface area (Å²) in [6.45, 7) is 7.10. The standard InChI is InChI=1S/C23H28ClNO2S3/c1-4-12-25(13-5-6-14-28-20-9-7-8-17(2)15-20)30(26,27)23-18(3)21-16-19(24)10-11-22(21)29-23/h7-11,15-16H,4-6,12-14H2,1-3H3. The summed E-state index contributed by atoms with van der Waals surface area (Å²) in [6.07, 6.45) is 2.64. The Morgan fingerprint density at radius 3 is 2.60 bits per heavy atom. The Morgan fingerprint density at radius 1 is 1.07 bits per heavy atom. The maximum absolute atomic E-state index is 13.4. The zero-order valence-electron chi connectivity index (χ0n) is 17.7. The van der Waals surface area contributed by atoms with Gasteiger partial charge in [0.05, 0.1) is 0 Å². The maximum Gasteiger partial charge on any atom is 0.252 e. The lowest BCUT2D eigenvalue weighted by Gasteiger charge is -2.21. The van der Waals surface area contributed by atoms with Gasteiger partial charge in [0.2, 0.25) is 0 Å². The number of fused-ring (bicyclic) bond motifs is 1. The van der Waals surface area contributed by atoms with Crippen LogP contribution in [0.15, 0.2) is 51.6 Å². The number of aryl methyl sites for hydroxylation is 2. The second kappa shape index (κ2) is 10.5. The van der Waals surface area contributed by atoms with Crippen LogP contribution in [0.5, 0.6) is 0 Å². The Bertz CT molecular complexity index is 1110. The molecule has 0 amide bonds. The fourth-order valence-electron chi connectivity index (χ4n) is 3.42. The van der Waals surface area contributed by atoms with Gasteiger partial charge >= 0.3 is 0 Å². The van der Waals surface area contributed by atoms with E-state index in [9.17, 15) is 8.42 Å². The molecule has 0 aliphatic heterocycles. The Kier molecular flexibility index (Phi) is 8.27. The van der Waals surface area contributed by atoms with Crippen LogP contribution in [0.2, 0.25) is 5.02 Å². The molecule has 3 aromatic rings. The van der Waals surface area contributed by atoms with Crippen LogP contribution >= 0.6 is 34.7 Å². The summed E-state index contributed by atoms with van der Waals surface area (Å²) in [5.74, 6) is 0.990. The van der Waals surface area contributed by atoms with E-state index in [0.29, 0.717) is 22.3 Å². The van der Waals surface area contributed by atoms with Crippen LogP contribution in [0.3, 0.4) is 0 Å². The van der Waals surface area contributed by atoms with Gasteiger partial charge in [0.1, 0.15) is 4.21 Å². The molecule has 0 aliphatic rings. The first-order valence-corrected chi connectivity index (χ1v) is 13.8. The van der Waals surface area contributed by atoms with Crippen molar-refractivity contribution in [2.75, 3.05) is 18.8 Å². The zero-order valence-corrected chi connectivity index (χ0v) is 20.9. The van der Waals surface area contributed by atoms with E-state index in [0.717, 1.165) is 40.7 Å². The topological polar surface area (TPSA) is 37.4 Å². The van der Waals surface area contributed by atoms with Crippen LogP contribution in [-0.2, 0) is 10.0 Å². The van der Waals surface area contributed by atoms with Gasteiger partial charge in [-0.15, -0.1) is 23.1 Å². The maximum atomic E-state index is 13.4. The summed E-state index contributed by atoms with van der Waals surface area (Å²) in [7, 11) is -3.51. The molecule has 0 N–H and O–H groups in total. The average molecular weight is 482 g/mol. The van der Waals surface area contributed by atoms with Gasteiger partial charge in [0, 0.05) is 27.7 Å². The van der Waals surface area contributed by atoms with Crippen LogP contribution in [0.25, 0.3) is 10.1 Å². The molecule has 3 nitrogen and oxygen atoms in total. The molecule has 0 unspecified atom stereocenters. The van der Waals surface area contributed by atoms with Gasteiger partial charge in [-0.25, -0.2) is 8.42 Å². The molecule has 0 saturated heterocycles.